The van der Waals surface area contributed by atoms with Crippen molar-refractivity contribution in [2.45, 2.75) is 13.5 Å². The SMILES string of the molecule is Cc1ccc(NCc2ccoc2C(=O)O)c(Cl)c1. The lowest BCUT2D eigenvalue weighted by molar-refractivity contribution is 0.0661. The van der Waals surface area contributed by atoms with Gasteiger partial charge in [0.25, 0.3) is 0 Å². The average molecular weight is 266 g/mol. The molecule has 5 heteroatoms. The van der Waals surface area contributed by atoms with Gasteiger partial charge in [-0.3, -0.25) is 0 Å². The van der Waals surface area contributed by atoms with E-state index in [1.165, 1.54) is 6.26 Å². The molecule has 2 aromatic rings. The summed E-state index contributed by atoms with van der Waals surface area (Å²) >= 11 is 6.07. The highest BCUT2D eigenvalue weighted by Gasteiger charge is 2.13. The van der Waals surface area contributed by atoms with E-state index in [1.54, 1.807) is 6.07 Å². The van der Waals surface area contributed by atoms with E-state index in [0.717, 1.165) is 11.3 Å². The Kier molecular flexibility index (Phi) is 3.58. The van der Waals surface area contributed by atoms with E-state index in [2.05, 4.69) is 5.32 Å². The van der Waals surface area contributed by atoms with Crippen molar-refractivity contribution in [3.63, 3.8) is 0 Å². The van der Waals surface area contributed by atoms with Crippen molar-refractivity contribution in [3.8, 4) is 0 Å². The van der Waals surface area contributed by atoms with Crippen molar-refractivity contribution < 1.29 is 14.3 Å². The molecule has 0 aliphatic heterocycles. The number of carboxylic acids is 1. The zero-order valence-corrected chi connectivity index (χ0v) is 10.5. The van der Waals surface area contributed by atoms with Gasteiger partial charge in [0, 0.05) is 12.1 Å². The van der Waals surface area contributed by atoms with Crippen molar-refractivity contribution in [2.75, 3.05) is 5.32 Å². The van der Waals surface area contributed by atoms with E-state index >= 15 is 0 Å². The Morgan fingerprint density at radius 1 is 1.44 bits per heavy atom. The number of rotatable bonds is 4. The molecule has 0 atom stereocenters. The number of furan rings is 1. The smallest absolute Gasteiger partial charge is 0.372 e. The second kappa shape index (κ2) is 5.14. The highest BCUT2D eigenvalue weighted by molar-refractivity contribution is 6.33. The van der Waals surface area contributed by atoms with Gasteiger partial charge in [-0.15, -0.1) is 0 Å². The fourth-order valence-electron chi connectivity index (χ4n) is 1.62. The highest BCUT2D eigenvalue weighted by atomic mass is 35.5. The molecule has 0 unspecified atom stereocenters. The summed E-state index contributed by atoms with van der Waals surface area (Å²) < 4.78 is 4.89. The predicted molar refractivity (Wildman–Crippen MR) is 69.2 cm³/mol. The fraction of sp³-hybridized carbons (Fsp3) is 0.154. The van der Waals surface area contributed by atoms with Crippen LogP contribution < -0.4 is 5.32 Å². The molecule has 2 rings (SSSR count). The number of carboxylic acid groups (broad SMARTS) is 1. The van der Waals surface area contributed by atoms with Crippen molar-refractivity contribution >= 4 is 23.3 Å². The van der Waals surface area contributed by atoms with E-state index in [1.807, 2.05) is 25.1 Å². The summed E-state index contributed by atoms with van der Waals surface area (Å²) in [5, 5.41) is 12.6. The standard InChI is InChI=1S/C13H12ClNO3/c1-8-2-3-11(10(14)6-8)15-7-9-4-5-18-12(9)13(16)17/h2-6,15H,7H2,1H3,(H,16,17). The maximum absolute atomic E-state index is 10.9. The predicted octanol–water partition coefficient (Wildman–Crippen LogP) is 3.55. The average Bonchev–Trinajstić information content (AvgIpc) is 2.76. The quantitative estimate of drug-likeness (QED) is 0.887. The van der Waals surface area contributed by atoms with Crippen molar-refractivity contribution in [3.05, 3.63) is 52.4 Å². The van der Waals surface area contributed by atoms with Crippen LogP contribution >= 0.6 is 11.6 Å². The molecular formula is C13H12ClNO3. The summed E-state index contributed by atoms with van der Waals surface area (Å²) in [6.07, 6.45) is 1.36. The normalized spacial score (nSPS) is 10.3. The number of benzene rings is 1. The largest absolute Gasteiger partial charge is 0.475 e. The molecule has 0 saturated carbocycles. The van der Waals surface area contributed by atoms with E-state index in [0.29, 0.717) is 17.1 Å². The summed E-state index contributed by atoms with van der Waals surface area (Å²) in [5.74, 6) is -1.13. The minimum Gasteiger partial charge on any atom is -0.475 e. The first kappa shape index (κ1) is 12.5. The third kappa shape index (κ3) is 2.65. The molecule has 0 saturated heterocycles. The Morgan fingerprint density at radius 3 is 2.89 bits per heavy atom. The second-order valence-electron chi connectivity index (χ2n) is 3.92. The number of halogens is 1. The van der Waals surface area contributed by atoms with Gasteiger partial charge in [0.15, 0.2) is 0 Å². The summed E-state index contributed by atoms with van der Waals surface area (Å²) in [6.45, 7) is 2.30. The van der Waals surface area contributed by atoms with E-state index < -0.39 is 5.97 Å². The molecule has 4 nitrogen and oxygen atoms in total. The molecule has 1 aromatic heterocycles. The Bertz CT molecular complexity index is 577. The molecule has 0 radical (unpaired) electrons. The molecule has 0 bridgehead atoms. The maximum Gasteiger partial charge on any atom is 0.372 e. The van der Waals surface area contributed by atoms with Crippen molar-refractivity contribution in [1.29, 1.82) is 0 Å². The molecule has 1 heterocycles. The van der Waals surface area contributed by atoms with E-state index in [4.69, 9.17) is 21.1 Å². The van der Waals surface area contributed by atoms with Gasteiger partial charge in [-0.05, 0) is 30.7 Å². The molecule has 0 amide bonds. The van der Waals surface area contributed by atoms with Gasteiger partial charge in [0.1, 0.15) is 0 Å². The first-order chi connectivity index (χ1) is 8.58. The van der Waals surface area contributed by atoms with Crippen LogP contribution in [0.15, 0.2) is 34.9 Å². The molecule has 18 heavy (non-hydrogen) atoms. The Balaban J connectivity index is 2.11. The Morgan fingerprint density at radius 2 is 2.22 bits per heavy atom. The van der Waals surface area contributed by atoms with Crippen LogP contribution in [0, 0.1) is 6.92 Å². The zero-order chi connectivity index (χ0) is 13.1. The monoisotopic (exact) mass is 265 g/mol. The van der Waals surface area contributed by atoms with Crippen LogP contribution in [0.3, 0.4) is 0 Å². The van der Waals surface area contributed by atoms with Crippen molar-refractivity contribution in [2.24, 2.45) is 0 Å². The van der Waals surface area contributed by atoms with Crippen LogP contribution in [0.4, 0.5) is 5.69 Å². The molecule has 2 N–H and O–H groups in total. The molecule has 0 spiro atoms. The number of nitrogens with one attached hydrogen (secondary N) is 1. The van der Waals surface area contributed by atoms with Gasteiger partial charge in [-0.25, -0.2) is 4.79 Å². The molecule has 0 aliphatic carbocycles. The van der Waals surface area contributed by atoms with E-state index in [9.17, 15) is 4.79 Å². The summed E-state index contributed by atoms with van der Waals surface area (Å²) in [4.78, 5) is 10.9. The number of anilines is 1. The Labute approximate surface area is 109 Å². The minimum atomic E-state index is -1.08. The van der Waals surface area contributed by atoms with Gasteiger partial charge >= 0.3 is 5.97 Å². The fourth-order valence-corrected chi connectivity index (χ4v) is 1.92. The number of hydrogen-bond donors (Lipinski definition) is 2. The number of aryl methyl sites for hydroxylation is 1. The lowest BCUT2D eigenvalue weighted by Gasteiger charge is -2.08. The van der Waals surface area contributed by atoms with Gasteiger partial charge in [-0.1, -0.05) is 17.7 Å². The summed E-state index contributed by atoms with van der Waals surface area (Å²) in [7, 11) is 0. The molecule has 0 fully saturated rings. The van der Waals surface area contributed by atoms with Crippen molar-refractivity contribution in [1.82, 2.24) is 0 Å². The lowest BCUT2D eigenvalue weighted by Crippen LogP contribution is -2.05. The molecule has 94 valence electrons. The van der Waals surface area contributed by atoms with Crippen LogP contribution in [0.1, 0.15) is 21.7 Å². The zero-order valence-electron chi connectivity index (χ0n) is 9.74. The second-order valence-corrected chi connectivity index (χ2v) is 4.32. The maximum atomic E-state index is 10.9. The first-order valence-corrected chi connectivity index (χ1v) is 5.75. The third-order valence-electron chi connectivity index (χ3n) is 2.53. The van der Waals surface area contributed by atoms with Crippen LogP contribution in [0.25, 0.3) is 0 Å². The van der Waals surface area contributed by atoms with Gasteiger partial charge in [0.2, 0.25) is 5.76 Å². The topological polar surface area (TPSA) is 62.5 Å². The number of hydrogen-bond acceptors (Lipinski definition) is 3. The summed E-state index contributed by atoms with van der Waals surface area (Å²) in [6, 6.07) is 7.26. The first-order valence-electron chi connectivity index (χ1n) is 5.37. The van der Waals surface area contributed by atoms with Gasteiger partial charge in [-0.2, -0.15) is 0 Å². The third-order valence-corrected chi connectivity index (χ3v) is 2.85. The van der Waals surface area contributed by atoms with Gasteiger partial charge in [0.05, 0.1) is 17.0 Å². The minimum absolute atomic E-state index is 0.0502. The van der Waals surface area contributed by atoms with Gasteiger partial charge < -0.3 is 14.8 Å². The molecular weight excluding hydrogens is 254 g/mol. The van der Waals surface area contributed by atoms with Crippen LogP contribution in [-0.2, 0) is 6.54 Å². The lowest BCUT2D eigenvalue weighted by atomic mass is 10.2. The summed E-state index contributed by atoms with van der Waals surface area (Å²) in [5.41, 5.74) is 2.42. The van der Waals surface area contributed by atoms with Crippen LogP contribution in [0.5, 0.6) is 0 Å². The Hall–Kier alpha value is -1.94. The number of carbonyl (C=O) groups is 1. The van der Waals surface area contributed by atoms with E-state index in [-0.39, 0.29) is 5.76 Å². The molecule has 1 aromatic carbocycles. The van der Waals surface area contributed by atoms with Crippen LogP contribution in [-0.4, -0.2) is 11.1 Å². The highest BCUT2D eigenvalue weighted by Crippen LogP contribution is 2.23. The van der Waals surface area contributed by atoms with Crippen LogP contribution in [0.2, 0.25) is 5.02 Å². The number of aromatic carboxylic acids is 1. The molecule has 0 aliphatic rings.